The van der Waals surface area contributed by atoms with Crippen molar-refractivity contribution in [3.05, 3.63) is 59.0 Å². The van der Waals surface area contributed by atoms with Gasteiger partial charge in [0.15, 0.2) is 0 Å². The summed E-state index contributed by atoms with van der Waals surface area (Å²) < 4.78 is 2.08. The number of fused-ring (bicyclic) bond motifs is 1. The normalized spacial score (nSPS) is 10.9. The maximum absolute atomic E-state index is 11.1. The van der Waals surface area contributed by atoms with E-state index in [-0.39, 0.29) is 5.69 Å². The molecule has 0 spiro atoms. The van der Waals surface area contributed by atoms with Crippen molar-refractivity contribution in [2.45, 2.75) is 6.42 Å². The number of halogens is 1. The van der Waals surface area contributed by atoms with Crippen molar-refractivity contribution in [2.75, 3.05) is 11.9 Å². The molecule has 3 rings (SSSR count). The largest absolute Gasteiger partial charge is 0.385 e. The summed E-state index contributed by atoms with van der Waals surface area (Å²) >= 11 is 6.06. The lowest BCUT2D eigenvalue weighted by Gasteiger charge is -2.06. The third-order valence-corrected chi connectivity index (χ3v) is 4.01. The Morgan fingerprint density at radius 1 is 1.35 bits per heavy atom. The number of pyridine rings is 1. The van der Waals surface area contributed by atoms with Gasteiger partial charge in [-0.25, -0.2) is 0 Å². The summed E-state index contributed by atoms with van der Waals surface area (Å²) in [6.07, 6.45) is 4.54. The number of aromatic nitrogens is 2. The number of aryl methyl sites for hydroxylation is 1. The molecule has 0 atom stereocenters. The van der Waals surface area contributed by atoms with E-state index in [1.807, 2.05) is 31.3 Å². The SMILES string of the molecule is Cn1cc(CCNc2ccnc(C(N)=O)c2)c2ccc(Cl)cc21. The summed E-state index contributed by atoms with van der Waals surface area (Å²) in [5.74, 6) is -0.528. The van der Waals surface area contributed by atoms with Crippen LogP contribution in [-0.4, -0.2) is 22.0 Å². The van der Waals surface area contributed by atoms with Gasteiger partial charge in [-0.3, -0.25) is 9.78 Å². The lowest BCUT2D eigenvalue weighted by molar-refractivity contribution is 0.0995. The van der Waals surface area contributed by atoms with Crippen molar-refractivity contribution in [1.29, 1.82) is 0 Å². The highest BCUT2D eigenvalue weighted by atomic mass is 35.5. The van der Waals surface area contributed by atoms with Crippen molar-refractivity contribution in [3.63, 3.8) is 0 Å². The standard InChI is InChI=1S/C17H17ClN4O/c1-22-10-11(14-3-2-12(18)8-16(14)22)4-6-20-13-5-7-21-15(9-13)17(19)23/h2-3,5,7-10H,4,6H2,1H3,(H2,19,23)(H,20,21). The molecule has 0 fully saturated rings. The van der Waals surface area contributed by atoms with Gasteiger partial charge in [0.2, 0.25) is 0 Å². The molecule has 0 radical (unpaired) electrons. The van der Waals surface area contributed by atoms with Crippen LogP contribution in [0.15, 0.2) is 42.7 Å². The average molecular weight is 329 g/mol. The number of rotatable bonds is 5. The van der Waals surface area contributed by atoms with Gasteiger partial charge in [0.05, 0.1) is 0 Å². The minimum atomic E-state index is -0.528. The second-order valence-corrected chi connectivity index (χ2v) is 5.83. The summed E-state index contributed by atoms with van der Waals surface area (Å²) in [7, 11) is 2.01. The molecule has 2 aromatic heterocycles. The zero-order chi connectivity index (χ0) is 16.4. The number of benzene rings is 1. The number of anilines is 1. The number of carbonyl (C=O) groups is 1. The molecule has 1 amide bonds. The molecule has 1 aromatic carbocycles. The molecule has 6 heteroatoms. The molecule has 5 nitrogen and oxygen atoms in total. The van der Waals surface area contributed by atoms with Crippen LogP contribution in [0.3, 0.4) is 0 Å². The highest BCUT2D eigenvalue weighted by Gasteiger charge is 2.07. The van der Waals surface area contributed by atoms with E-state index in [0.717, 1.165) is 29.2 Å². The summed E-state index contributed by atoms with van der Waals surface area (Å²) in [6, 6.07) is 9.39. The fourth-order valence-electron chi connectivity index (χ4n) is 2.66. The minimum absolute atomic E-state index is 0.259. The van der Waals surface area contributed by atoms with Crippen LogP contribution in [0.5, 0.6) is 0 Å². The first-order chi connectivity index (χ1) is 11.0. The molecule has 3 aromatic rings. The number of nitrogens with one attached hydrogen (secondary N) is 1. The average Bonchev–Trinajstić information content (AvgIpc) is 2.83. The highest BCUT2D eigenvalue weighted by Crippen LogP contribution is 2.24. The number of amides is 1. The van der Waals surface area contributed by atoms with Crippen LogP contribution in [0.25, 0.3) is 10.9 Å². The zero-order valence-electron chi connectivity index (χ0n) is 12.7. The number of nitrogens with two attached hydrogens (primary N) is 1. The number of nitrogens with zero attached hydrogens (tertiary/aromatic N) is 2. The fourth-order valence-corrected chi connectivity index (χ4v) is 2.82. The smallest absolute Gasteiger partial charge is 0.267 e. The van der Waals surface area contributed by atoms with Gasteiger partial charge in [0, 0.05) is 47.6 Å². The van der Waals surface area contributed by atoms with E-state index in [1.54, 1.807) is 12.3 Å². The summed E-state index contributed by atoms with van der Waals surface area (Å²) in [4.78, 5) is 15.1. The number of hydrogen-bond acceptors (Lipinski definition) is 3. The fraction of sp³-hybridized carbons (Fsp3) is 0.176. The second-order valence-electron chi connectivity index (χ2n) is 5.40. The van der Waals surface area contributed by atoms with Crippen LogP contribution in [0.1, 0.15) is 16.1 Å². The molecule has 118 valence electrons. The molecule has 0 saturated heterocycles. The first kappa shape index (κ1) is 15.4. The Kier molecular flexibility index (Phi) is 4.21. The van der Waals surface area contributed by atoms with Crippen molar-refractivity contribution < 1.29 is 4.79 Å². The molecule has 0 bridgehead atoms. The van der Waals surface area contributed by atoms with Gasteiger partial charge < -0.3 is 15.6 Å². The Balaban J connectivity index is 1.72. The Labute approximate surface area is 139 Å². The van der Waals surface area contributed by atoms with Crippen LogP contribution in [-0.2, 0) is 13.5 Å². The Morgan fingerprint density at radius 3 is 2.96 bits per heavy atom. The molecule has 3 N–H and O–H groups in total. The quantitative estimate of drug-likeness (QED) is 0.756. The maximum atomic E-state index is 11.1. The van der Waals surface area contributed by atoms with Crippen LogP contribution < -0.4 is 11.1 Å². The van der Waals surface area contributed by atoms with Gasteiger partial charge in [-0.05, 0) is 36.2 Å². The maximum Gasteiger partial charge on any atom is 0.267 e. The van der Waals surface area contributed by atoms with Gasteiger partial charge in [0.25, 0.3) is 5.91 Å². The Morgan fingerprint density at radius 2 is 2.17 bits per heavy atom. The lowest BCUT2D eigenvalue weighted by atomic mass is 10.1. The second kappa shape index (κ2) is 6.30. The van der Waals surface area contributed by atoms with E-state index in [0.29, 0.717) is 0 Å². The minimum Gasteiger partial charge on any atom is -0.385 e. The first-order valence-corrected chi connectivity index (χ1v) is 7.65. The van der Waals surface area contributed by atoms with Gasteiger partial charge >= 0.3 is 0 Å². The van der Waals surface area contributed by atoms with E-state index in [4.69, 9.17) is 17.3 Å². The third-order valence-electron chi connectivity index (χ3n) is 3.77. The van der Waals surface area contributed by atoms with Crippen LogP contribution in [0.2, 0.25) is 5.02 Å². The predicted octanol–water partition coefficient (Wildman–Crippen LogP) is 2.98. The van der Waals surface area contributed by atoms with Gasteiger partial charge in [-0.15, -0.1) is 0 Å². The monoisotopic (exact) mass is 328 g/mol. The number of primary amides is 1. The molecule has 0 unspecified atom stereocenters. The molecular weight excluding hydrogens is 312 g/mol. The summed E-state index contributed by atoms with van der Waals surface area (Å²) in [5, 5.41) is 5.23. The Bertz CT molecular complexity index is 872. The lowest BCUT2D eigenvalue weighted by Crippen LogP contribution is -2.13. The molecule has 23 heavy (non-hydrogen) atoms. The van der Waals surface area contributed by atoms with E-state index in [2.05, 4.69) is 21.1 Å². The molecule has 0 aliphatic heterocycles. The molecule has 2 heterocycles. The van der Waals surface area contributed by atoms with Crippen LogP contribution in [0.4, 0.5) is 5.69 Å². The summed E-state index contributed by atoms with van der Waals surface area (Å²) in [5.41, 5.74) is 8.69. The molecule has 0 aliphatic carbocycles. The Hall–Kier alpha value is -2.53. The van der Waals surface area contributed by atoms with Crippen LogP contribution >= 0.6 is 11.6 Å². The van der Waals surface area contributed by atoms with E-state index in [9.17, 15) is 4.79 Å². The predicted molar refractivity (Wildman–Crippen MR) is 92.9 cm³/mol. The van der Waals surface area contributed by atoms with E-state index in [1.165, 1.54) is 10.9 Å². The van der Waals surface area contributed by atoms with Crippen molar-refractivity contribution in [2.24, 2.45) is 12.8 Å². The topological polar surface area (TPSA) is 72.9 Å². The van der Waals surface area contributed by atoms with Gasteiger partial charge in [0.1, 0.15) is 5.69 Å². The van der Waals surface area contributed by atoms with Crippen molar-refractivity contribution in [3.8, 4) is 0 Å². The third kappa shape index (κ3) is 3.29. The molecule has 0 aliphatic rings. The van der Waals surface area contributed by atoms with E-state index < -0.39 is 5.91 Å². The zero-order valence-corrected chi connectivity index (χ0v) is 13.5. The van der Waals surface area contributed by atoms with E-state index >= 15 is 0 Å². The van der Waals surface area contributed by atoms with Crippen molar-refractivity contribution >= 4 is 34.1 Å². The van der Waals surface area contributed by atoms with Gasteiger partial charge in [-0.2, -0.15) is 0 Å². The molecular formula is C17H17ClN4O. The number of carbonyl (C=O) groups excluding carboxylic acids is 1. The highest BCUT2D eigenvalue weighted by molar-refractivity contribution is 6.31. The first-order valence-electron chi connectivity index (χ1n) is 7.28. The molecule has 0 saturated carbocycles. The van der Waals surface area contributed by atoms with Gasteiger partial charge in [-0.1, -0.05) is 17.7 Å². The summed E-state index contributed by atoms with van der Waals surface area (Å²) in [6.45, 7) is 0.740. The van der Waals surface area contributed by atoms with Crippen molar-refractivity contribution in [1.82, 2.24) is 9.55 Å². The number of hydrogen-bond donors (Lipinski definition) is 2. The van der Waals surface area contributed by atoms with Crippen LogP contribution in [0, 0.1) is 0 Å².